The van der Waals surface area contributed by atoms with Crippen molar-refractivity contribution in [3.63, 3.8) is 0 Å². The zero-order valence-electron chi connectivity index (χ0n) is 8.12. The number of nitrogens with zero attached hydrogens (tertiary/aromatic N) is 1. The van der Waals surface area contributed by atoms with E-state index in [9.17, 15) is 18.0 Å². The molecule has 0 heterocycles. The molecule has 1 amide bonds. The Morgan fingerprint density at radius 2 is 2.06 bits per heavy atom. The van der Waals surface area contributed by atoms with Crippen LogP contribution in [-0.2, 0) is 0 Å². The van der Waals surface area contributed by atoms with Gasteiger partial charge in [-0.25, -0.2) is 9.18 Å². The van der Waals surface area contributed by atoms with Crippen molar-refractivity contribution >= 4 is 6.09 Å². The molecule has 1 aromatic rings. The number of alkyl halides is 2. The van der Waals surface area contributed by atoms with Gasteiger partial charge in [-0.15, -0.1) is 0 Å². The van der Waals surface area contributed by atoms with Crippen LogP contribution in [0.4, 0.5) is 18.0 Å². The lowest BCUT2D eigenvalue weighted by molar-refractivity contribution is -0.0522. The standard InChI is InChI=1S/C9H5F3N2O3/c10-5-1-4(3-13)6(17-9(14)15)2-7(5)16-8(11)12/h1-2,8H,(H2,14,15). The molecule has 1 aromatic carbocycles. The van der Waals surface area contributed by atoms with Crippen LogP contribution in [0.1, 0.15) is 5.56 Å². The number of hydrogen-bond donors (Lipinski definition) is 1. The number of rotatable bonds is 3. The molecule has 0 aliphatic heterocycles. The molecule has 0 bridgehead atoms. The smallest absolute Gasteiger partial charge is 0.410 e. The third-order valence-corrected chi connectivity index (χ3v) is 1.58. The Bertz CT molecular complexity index is 485. The van der Waals surface area contributed by atoms with Crippen LogP contribution in [0.2, 0.25) is 0 Å². The monoisotopic (exact) mass is 246 g/mol. The maximum absolute atomic E-state index is 13.1. The van der Waals surface area contributed by atoms with E-state index >= 15 is 0 Å². The number of carbonyl (C=O) groups excluding carboxylic acids is 1. The molecule has 0 radical (unpaired) electrons. The third-order valence-electron chi connectivity index (χ3n) is 1.58. The molecular formula is C9H5F3N2O3. The summed E-state index contributed by atoms with van der Waals surface area (Å²) in [6.07, 6.45) is -1.27. The van der Waals surface area contributed by atoms with Crippen molar-refractivity contribution in [2.45, 2.75) is 6.61 Å². The van der Waals surface area contributed by atoms with E-state index in [1.807, 2.05) is 0 Å². The van der Waals surface area contributed by atoms with E-state index in [0.717, 1.165) is 0 Å². The molecule has 0 spiro atoms. The molecular weight excluding hydrogens is 241 g/mol. The van der Waals surface area contributed by atoms with Crippen LogP contribution < -0.4 is 15.2 Å². The van der Waals surface area contributed by atoms with Gasteiger partial charge >= 0.3 is 12.7 Å². The van der Waals surface area contributed by atoms with Gasteiger partial charge in [0.1, 0.15) is 6.07 Å². The molecule has 0 saturated carbocycles. The summed E-state index contributed by atoms with van der Waals surface area (Å²) < 4.78 is 45.1. The first-order valence-electron chi connectivity index (χ1n) is 4.09. The number of ether oxygens (including phenoxy) is 2. The van der Waals surface area contributed by atoms with Crippen molar-refractivity contribution < 1.29 is 27.4 Å². The summed E-state index contributed by atoms with van der Waals surface area (Å²) in [7, 11) is 0. The van der Waals surface area contributed by atoms with Gasteiger partial charge < -0.3 is 15.2 Å². The van der Waals surface area contributed by atoms with Crippen LogP contribution >= 0.6 is 0 Å². The summed E-state index contributed by atoms with van der Waals surface area (Å²) in [5.41, 5.74) is 4.31. The summed E-state index contributed by atoms with van der Waals surface area (Å²) in [5, 5.41) is 8.59. The average Bonchev–Trinajstić information content (AvgIpc) is 2.21. The Hall–Kier alpha value is -2.43. The van der Waals surface area contributed by atoms with Crippen molar-refractivity contribution in [1.29, 1.82) is 5.26 Å². The van der Waals surface area contributed by atoms with Crippen molar-refractivity contribution in [3.8, 4) is 17.6 Å². The highest BCUT2D eigenvalue weighted by Crippen LogP contribution is 2.28. The van der Waals surface area contributed by atoms with Crippen LogP contribution in [-0.4, -0.2) is 12.7 Å². The number of carbonyl (C=O) groups is 1. The fourth-order valence-electron chi connectivity index (χ4n) is 1.00. The van der Waals surface area contributed by atoms with Crippen molar-refractivity contribution in [2.75, 3.05) is 0 Å². The Balaban J connectivity index is 3.18. The van der Waals surface area contributed by atoms with Gasteiger partial charge in [-0.2, -0.15) is 14.0 Å². The van der Waals surface area contributed by atoms with Gasteiger partial charge in [0.2, 0.25) is 0 Å². The molecule has 0 unspecified atom stereocenters. The molecule has 0 aromatic heterocycles. The molecule has 0 aliphatic carbocycles. The number of amides is 1. The summed E-state index contributed by atoms with van der Waals surface area (Å²) in [5.74, 6) is -2.49. The van der Waals surface area contributed by atoms with Gasteiger partial charge in [-0.3, -0.25) is 0 Å². The lowest BCUT2D eigenvalue weighted by atomic mass is 10.2. The lowest BCUT2D eigenvalue weighted by Gasteiger charge is -2.09. The second kappa shape index (κ2) is 5.07. The second-order valence-corrected chi connectivity index (χ2v) is 2.69. The summed E-state index contributed by atoms with van der Waals surface area (Å²) in [6, 6.07) is 2.74. The summed E-state index contributed by atoms with van der Waals surface area (Å²) in [4.78, 5) is 10.5. The minimum Gasteiger partial charge on any atom is -0.432 e. The highest BCUT2D eigenvalue weighted by Gasteiger charge is 2.16. The third kappa shape index (κ3) is 3.27. The topological polar surface area (TPSA) is 85.3 Å². The average molecular weight is 246 g/mol. The highest BCUT2D eigenvalue weighted by atomic mass is 19.3. The maximum Gasteiger partial charge on any atom is 0.410 e. The predicted molar refractivity (Wildman–Crippen MR) is 48.0 cm³/mol. The van der Waals surface area contributed by atoms with E-state index in [1.165, 1.54) is 6.07 Å². The Morgan fingerprint density at radius 3 is 2.53 bits per heavy atom. The van der Waals surface area contributed by atoms with Crippen molar-refractivity contribution in [3.05, 3.63) is 23.5 Å². The van der Waals surface area contributed by atoms with E-state index in [1.54, 1.807) is 0 Å². The molecule has 8 heteroatoms. The van der Waals surface area contributed by atoms with E-state index in [0.29, 0.717) is 12.1 Å². The van der Waals surface area contributed by atoms with Gasteiger partial charge in [0.05, 0.1) is 5.56 Å². The predicted octanol–water partition coefficient (Wildman–Crippen LogP) is 1.76. The SMILES string of the molecule is N#Cc1cc(F)c(OC(F)F)cc1OC(N)=O. The van der Waals surface area contributed by atoms with Crippen molar-refractivity contribution in [1.82, 2.24) is 0 Å². The van der Waals surface area contributed by atoms with Crippen LogP contribution in [0.3, 0.4) is 0 Å². The van der Waals surface area contributed by atoms with E-state index in [-0.39, 0.29) is 5.56 Å². The summed E-state index contributed by atoms with van der Waals surface area (Å²) >= 11 is 0. The number of halogens is 3. The van der Waals surface area contributed by atoms with Gasteiger partial charge in [0.15, 0.2) is 17.3 Å². The van der Waals surface area contributed by atoms with Gasteiger partial charge in [-0.1, -0.05) is 0 Å². The first-order valence-corrected chi connectivity index (χ1v) is 4.09. The lowest BCUT2D eigenvalue weighted by Crippen LogP contribution is -2.17. The van der Waals surface area contributed by atoms with Crippen LogP contribution in [0.15, 0.2) is 12.1 Å². The highest BCUT2D eigenvalue weighted by molar-refractivity contribution is 5.69. The Labute approximate surface area is 93.1 Å². The van der Waals surface area contributed by atoms with Gasteiger partial charge in [0, 0.05) is 6.07 Å². The zero-order chi connectivity index (χ0) is 13.0. The molecule has 0 aliphatic rings. The number of benzene rings is 1. The molecule has 2 N–H and O–H groups in total. The normalized spacial score (nSPS) is 9.82. The zero-order valence-corrected chi connectivity index (χ0v) is 8.12. The number of primary amides is 1. The largest absolute Gasteiger partial charge is 0.432 e. The second-order valence-electron chi connectivity index (χ2n) is 2.69. The quantitative estimate of drug-likeness (QED) is 0.880. The minimum atomic E-state index is -3.25. The first-order chi connectivity index (χ1) is 7.93. The Morgan fingerprint density at radius 1 is 1.41 bits per heavy atom. The molecule has 1 rings (SSSR count). The van der Waals surface area contributed by atoms with Crippen LogP contribution in [0, 0.1) is 17.1 Å². The molecule has 0 atom stereocenters. The van der Waals surface area contributed by atoms with Gasteiger partial charge in [-0.05, 0) is 6.07 Å². The van der Waals surface area contributed by atoms with Gasteiger partial charge in [0.25, 0.3) is 0 Å². The van der Waals surface area contributed by atoms with E-state index in [4.69, 9.17) is 5.26 Å². The molecule has 0 saturated heterocycles. The fourth-order valence-corrected chi connectivity index (χ4v) is 1.00. The number of nitriles is 1. The maximum atomic E-state index is 13.1. The number of nitrogens with two attached hydrogens (primary N) is 1. The molecule has 17 heavy (non-hydrogen) atoms. The van der Waals surface area contributed by atoms with Crippen molar-refractivity contribution in [2.24, 2.45) is 5.73 Å². The molecule has 0 fully saturated rings. The Kier molecular flexibility index (Phi) is 3.77. The number of hydrogen-bond acceptors (Lipinski definition) is 4. The molecule has 5 nitrogen and oxygen atoms in total. The summed E-state index contributed by atoms with van der Waals surface area (Å²) in [6.45, 7) is -3.25. The van der Waals surface area contributed by atoms with E-state index < -0.39 is 30.0 Å². The minimum absolute atomic E-state index is 0.372. The van der Waals surface area contributed by atoms with E-state index in [2.05, 4.69) is 15.2 Å². The fraction of sp³-hybridized carbons (Fsp3) is 0.111. The molecule has 90 valence electrons. The first kappa shape index (κ1) is 12.6. The van der Waals surface area contributed by atoms with Crippen LogP contribution in [0.5, 0.6) is 11.5 Å². The van der Waals surface area contributed by atoms with Crippen LogP contribution in [0.25, 0.3) is 0 Å².